The molecule has 1 N–H and O–H groups in total. The molecule has 0 unspecified atom stereocenters. The lowest BCUT2D eigenvalue weighted by atomic mass is 9.89. The molecule has 1 aliphatic carbocycles. The second-order valence-electron chi connectivity index (χ2n) is 4.87. The van der Waals surface area contributed by atoms with Crippen molar-refractivity contribution in [1.29, 1.82) is 0 Å². The third kappa shape index (κ3) is 2.08. The van der Waals surface area contributed by atoms with E-state index < -0.39 is 5.97 Å². The first-order valence-corrected chi connectivity index (χ1v) is 6.26. The lowest BCUT2D eigenvalue weighted by Crippen LogP contribution is -2.33. The van der Waals surface area contributed by atoms with Gasteiger partial charge in [-0.1, -0.05) is 17.3 Å². The molecule has 6 heteroatoms. The predicted octanol–water partition coefficient (Wildman–Crippen LogP) is 1.41. The average molecular weight is 261 g/mol. The van der Waals surface area contributed by atoms with Crippen molar-refractivity contribution in [3.05, 3.63) is 23.8 Å². The highest BCUT2D eigenvalue weighted by molar-refractivity contribution is 5.83. The average Bonchev–Trinajstić information content (AvgIpc) is 2.72. The molecule has 1 saturated carbocycles. The molecule has 6 nitrogen and oxygen atoms in total. The number of hydrogen-bond acceptors (Lipinski definition) is 4. The van der Waals surface area contributed by atoms with Gasteiger partial charge in [-0.25, -0.2) is 4.68 Å². The molecule has 0 aliphatic heterocycles. The van der Waals surface area contributed by atoms with Crippen molar-refractivity contribution in [2.75, 3.05) is 7.11 Å². The van der Waals surface area contributed by atoms with Crippen molar-refractivity contribution in [2.24, 2.45) is 0 Å². The van der Waals surface area contributed by atoms with Gasteiger partial charge in [0.2, 0.25) is 0 Å². The van der Waals surface area contributed by atoms with Crippen LogP contribution in [0, 0.1) is 0 Å². The van der Waals surface area contributed by atoms with E-state index >= 15 is 0 Å². The molecule has 100 valence electrons. The van der Waals surface area contributed by atoms with Crippen molar-refractivity contribution in [1.82, 2.24) is 15.0 Å². The lowest BCUT2D eigenvalue weighted by Gasteiger charge is -2.34. The molecule has 0 radical (unpaired) electrons. The van der Waals surface area contributed by atoms with Crippen molar-refractivity contribution in [2.45, 2.75) is 31.4 Å². The zero-order valence-electron chi connectivity index (χ0n) is 10.6. The maximum atomic E-state index is 10.9. The SMILES string of the molecule is COC1CC(n2nnc3cccc(CC(=O)O)c32)C1. The normalized spacial score (nSPS) is 22.4. The summed E-state index contributed by atoms with van der Waals surface area (Å²) in [6.07, 6.45) is 2.06. The van der Waals surface area contributed by atoms with Crippen LogP contribution in [0.5, 0.6) is 0 Å². The number of aliphatic carboxylic acids is 1. The summed E-state index contributed by atoms with van der Waals surface area (Å²) in [5.74, 6) is -0.844. The van der Waals surface area contributed by atoms with Crippen molar-refractivity contribution in [3.63, 3.8) is 0 Å². The van der Waals surface area contributed by atoms with E-state index in [9.17, 15) is 4.79 Å². The summed E-state index contributed by atoms with van der Waals surface area (Å²) in [6, 6.07) is 5.75. The Morgan fingerprint density at radius 1 is 1.53 bits per heavy atom. The number of nitrogens with zero attached hydrogens (tertiary/aromatic N) is 3. The minimum absolute atomic E-state index is 0.00879. The molecule has 2 aromatic rings. The molecule has 0 saturated heterocycles. The number of para-hydroxylation sites is 1. The molecule has 0 bridgehead atoms. The minimum atomic E-state index is -0.844. The Bertz CT molecular complexity index is 617. The Labute approximate surface area is 110 Å². The summed E-state index contributed by atoms with van der Waals surface area (Å²) >= 11 is 0. The zero-order valence-corrected chi connectivity index (χ0v) is 10.6. The molecule has 1 aromatic carbocycles. The van der Waals surface area contributed by atoms with Crippen LogP contribution >= 0.6 is 0 Å². The van der Waals surface area contributed by atoms with Crippen molar-refractivity contribution in [3.8, 4) is 0 Å². The van der Waals surface area contributed by atoms with Gasteiger partial charge in [0.05, 0.1) is 24.1 Å². The largest absolute Gasteiger partial charge is 0.481 e. The molecule has 1 aliphatic rings. The van der Waals surface area contributed by atoms with Crippen LogP contribution in [0.2, 0.25) is 0 Å². The zero-order chi connectivity index (χ0) is 13.4. The minimum Gasteiger partial charge on any atom is -0.481 e. The van der Waals surface area contributed by atoms with Crippen molar-refractivity contribution >= 4 is 17.0 Å². The van der Waals surface area contributed by atoms with Gasteiger partial charge in [-0.05, 0) is 24.5 Å². The fourth-order valence-electron chi connectivity index (χ4n) is 2.56. The van der Waals surface area contributed by atoms with Gasteiger partial charge >= 0.3 is 5.97 Å². The van der Waals surface area contributed by atoms with E-state index in [-0.39, 0.29) is 18.6 Å². The third-order valence-electron chi connectivity index (χ3n) is 3.67. The van der Waals surface area contributed by atoms with Crippen LogP contribution in [0.15, 0.2) is 18.2 Å². The number of carboxylic acids is 1. The summed E-state index contributed by atoms with van der Waals surface area (Å²) in [7, 11) is 1.70. The first-order chi connectivity index (χ1) is 9.19. The highest BCUT2D eigenvalue weighted by Crippen LogP contribution is 2.36. The van der Waals surface area contributed by atoms with E-state index in [0.29, 0.717) is 0 Å². The van der Waals surface area contributed by atoms with E-state index in [1.54, 1.807) is 7.11 Å². The second-order valence-corrected chi connectivity index (χ2v) is 4.87. The van der Waals surface area contributed by atoms with Crippen LogP contribution in [0.4, 0.5) is 0 Å². The summed E-state index contributed by atoms with van der Waals surface area (Å²) in [4.78, 5) is 10.9. The monoisotopic (exact) mass is 261 g/mol. The van der Waals surface area contributed by atoms with Gasteiger partial charge in [-0.15, -0.1) is 5.10 Å². The maximum Gasteiger partial charge on any atom is 0.307 e. The number of methoxy groups -OCH3 is 1. The number of rotatable bonds is 4. The predicted molar refractivity (Wildman–Crippen MR) is 67.9 cm³/mol. The number of hydrogen-bond donors (Lipinski definition) is 1. The van der Waals surface area contributed by atoms with E-state index in [2.05, 4.69) is 10.3 Å². The lowest BCUT2D eigenvalue weighted by molar-refractivity contribution is -0.136. The van der Waals surface area contributed by atoms with Crippen LogP contribution in [-0.2, 0) is 16.0 Å². The van der Waals surface area contributed by atoms with Gasteiger partial charge in [-0.2, -0.15) is 0 Å². The molecule has 1 heterocycles. The molecule has 0 atom stereocenters. The fraction of sp³-hybridized carbons (Fsp3) is 0.462. The van der Waals surface area contributed by atoms with E-state index in [4.69, 9.17) is 9.84 Å². The van der Waals surface area contributed by atoms with Crippen LogP contribution in [0.1, 0.15) is 24.4 Å². The Hall–Kier alpha value is -1.95. The van der Waals surface area contributed by atoms with Crippen molar-refractivity contribution < 1.29 is 14.6 Å². The molecule has 1 aromatic heterocycles. The highest BCUT2D eigenvalue weighted by atomic mass is 16.5. The molecule has 3 rings (SSSR count). The number of carboxylic acid groups (broad SMARTS) is 1. The molecule has 19 heavy (non-hydrogen) atoms. The quantitative estimate of drug-likeness (QED) is 0.900. The van der Waals surface area contributed by atoms with Crippen LogP contribution in [-0.4, -0.2) is 39.3 Å². The Morgan fingerprint density at radius 2 is 2.32 bits per heavy atom. The Balaban J connectivity index is 1.98. The molecule has 0 amide bonds. The topological polar surface area (TPSA) is 77.2 Å². The first-order valence-electron chi connectivity index (χ1n) is 6.26. The highest BCUT2D eigenvalue weighted by Gasteiger charge is 2.32. The fourth-order valence-corrected chi connectivity index (χ4v) is 2.56. The summed E-state index contributed by atoms with van der Waals surface area (Å²) < 4.78 is 7.12. The Morgan fingerprint density at radius 3 is 3.00 bits per heavy atom. The standard InChI is InChI=1S/C13H15N3O3/c1-19-10-6-9(7-10)16-13-8(5-12(17)18)3-2-4-11(13)14-15-16/h2-4,9-10H,5-7H2,1H3,(H,17,18). The van der Waals surface area contributed by atoms with Gasteiger partial charge in [0.25, 0.3) is 0 Å². The number of aromatic nitrogens is 3. The Kier molecular flexibility index (Phi) is 2.94. The molecular formula is C13H15N3O3. The number of benzene rings is 1. The van der Waals surface area contributed by atoms with E-state index in [1.165, 1.54) is 0 Å². The van der Waals surface area contributed by atoms with Gasteiger partial charge < -0.3 is 9.84 Å². The van der Waals surface area contributed by atoms with Crippen LogP contribution in [0.25, 0.3) is 11.0 Å². The summed E-state index contributed by atoms with van der Waals surface area (Å²) in [5, 5.41) is 17.3. The number of fused-ring (bicyclic) bond motifs is 1. The van der Waals surface area contributed by atoms with Crippen LogP contribution < -0.4 is 0 Å². The first kappa shape index (κ1) is 12.1. The second kappa shape index (κ2) is 4.62. The van der Waals surface area contributed by atoms with E-state index in [1.807, 2.05) is 22.9 Å². The number of carbonyl (C=O) groups is 1. The molecule has 1 fully saturated rings. The van der Waals surface area contributed by atoms with Gasteiger partial charge in [0.15, 0.2) is 0 Å². The van der Waals surface area contributed by atoms with Gasteiger partial charge in [0.1, 0.15) is 5.52 Å². The van der Waals surface area contributed by atoms with E-state index in [0.717, 1.165) is 29.4 Å². The van der Waals surface area contributed by atoms with Gasteiger partial charge in [-0.3, -0.25) is 4.79 Å². The van der Waals surface area contributed by atoms with Gasteiger partial charge in [0, 0.05) is 7.11 Å². The molecule has 0 spiro atoms. The summed E-state index contributed by atoms with van der Waals surface area (Å²) in [6.45, 7) is 0. The molecular weight excluding hydrogens is 246 g/mol. The van der Waals surface area contributed by atoms with Crippen LogP contribution in [0.3, 0.4) is 0 Å². The smallest absolute Gasteiger partial charge is 0.307 e. The summed E-state index contributed by atoms with van der Waals surface area (Å²) in [5.41, 5.74) is 2.35. The maximum absolute atomic E-state index is 10.9. The number of ether oxygens (including phenoxy) is 1. The third-order valence-corrected chi connectivity index (χ3v) is 3.67.